The molecule has 0 saturated heterocycles. The van der Waals surface area contributed by atoms with Crippen LogP contribution in [0.1, 0.15) is 17.0 Å². The standard InChI is InChI=1S/C15H17N5S/c1-9-4-5-12(10(2)6-9)21-8-13-18-14(16)11-7-17-20(3)15(11)19-13/h4-7H,8H2,1-3H3,(H2,16,18,19). The fourth-order valence-electron chi connectivity index (χ4n) is 2.26. The minimum absolute atomic E-state index is 0.490. The normalized spacial score (nSPS) is 11.2. The summed E-state index contributed by atoms with van der Waals surface area (Å²) in [5.74, 6) is 1.91. The van der Waals surface area contributed by atoms with E-state index in [1.165, 1.54) is 16.0 Å². The van der Waals surface area contributed by atoms with Gasteiger partial charge in [-0.2, -0.15) is 5.10 Å². The van der Waals surface area contributed by atoms with E-state index in [2.05, 4.69) is 47.1 Å². The van der Waals surface area contributed by atoms with Crippen LogP contribution in [0, 0.1) is 13.8 Å². The first-order chi connectivity index (χ1) is 10.0. The average molecular weight is 299 g/mol. The molecule has 2 aromatic heterocycles. The number of aryl methyl sites for hydroxylation is 3. The Kier molecular flexibility index (Phi) is 3.55. The van der Waals surface area contributed by atoms with E-state index in [9.17, 15) is 0 Å². The van der Waals surface area contributed by atoms with E-state index in [0.29, 0.717) is 11.6 Å². The zero-order valence-electron chi connectivity index (χ0n) is 12.3. The number of aromatic nitrogens is 4. The summed E-state index contributed by atoms with van der Waals surface area (Å²) in [5, 5.41) is 4.97. The van der Waals surface area contributed by atoms with Gasteiger partial charge in [0.25, 0.3) is 0 Å². The Balaban J connectivity index is 1.86. The molecule has 6 heteroatoms. The maximum absolute atomic E-state index is 5.98. The number of hydrogen-bond donors (Lipinski definition) is 1. The van der Waals surface area contributed by atoms with Crippen LogP contribution in [0.15, 0.2) is 29.3 Å². The second-order valence-corrected chi connectivity index (χ2v) is 6.11. The molecule has 0 atom stereocenters. The molecule has 0 aliphatic heterocycles. The molecule has 3 aromatic rings. The molecule has 0 aliphatic rings. The Morgan fingerprint density at radius 1 is 1.24 bits per heavy atom. The number of nitrogens with two attached hydrogens (primary N) is 1. The summed E-state index contributed by atoms with van der Waals surface area (Å²) in [6.45, 7) is 4.22. The van der Waals surface area contributed by atoms with Crippen molar-refractivity contribution in [1.82, 2.24) is 19.7 Å². The van der Waals surface area contributed by atoms with Crippen LogP contribution in [0.2, 0.25) is 0 Å². The summed E-state index contributed by atoms with van der Waals surface area (Å²) in [5.41, 5.74) is 9.30. The van der Waals surface area contributed by atoms with Crippen molar-refractivity contribution in [3.63, 3.8) is 0 Å². The van der Waals surface area contributed by atoms with E-state index in [0.717, 1.165) is 16.9 Å². The van der Waals surface area contributed by atoms with Gasteiger partial charge >= 0.3 is 0 Å². The molecule has 0 fully saturated rings. The molecular formula is C15H17N5S. The molecule has 0 spiro atoms. The molecule has 5 nitrogen and oxygen atoms in total. The summed E-state index contributed by atoms with van der Waals surface area (Å²) in [6, 6.07) is 6.44. The van der Waals surface area contributed by atoms with Crippen molar-refractivity contribution in [2.45, 2.75) is 24.5 Å². The first-order valence-electron chi connectivity index (χ1n) is 6.69. The number of benzene rings is 1. The smallest absolute Gasteiger partial charge is 0.163 e. The van der Waals surface area contributed by atoms with E-state index in [-0.39, 0.29) is 0 Å². The molecule has 0 amide bonds. The van der Waals surface area contributed by atoms with E-state index < -0.39 is 0 Å². The lowest BCUT2D eigenvalue weighted by Gasteiger charge is -2.07. The number of rotatable bonds is 3. The molecule has 0 unspecified atom stereocenters. The van der Waals surface area contributed by atoms with Crippen LogP contribution in [0.5, 0.6) is 0 Å². The highest BCUT2D eigenvalue weighted by Crippen LogP contribution is 2.27. The summed E-state index contributed by atoms with van der Waals surface area (Å²) < 4.78 is 1.72. The molecular weight excluding hydrogens is 282 g/mol. The van der Waals surface area contributed by atoms with Gasteiger partial charge in [-0.1, -0.05) is 17.7 Å². The van der Waals surface area contributed by atoms with Crippen molar-refractivity contribution >= 4 is 28.6 Å². The first-order valence-corrected chi connectivity index (χ1v) is 7.67. The van der Waals surface area contributed by atoms with Crippen molar-refractivity contribution in [3.8, 4) is 0 Å². The Labute approximate surface area is 127 Å². The number of nitrogen functional groups attached to an aromatic ring is 1. The quantitative estimate of drug-likeness (QED) is 0.753. The van der Waals surface area contributed by atoms with Gasteiger partial charge in [0.2, 0.25) is 0 Å². The van der Waals surface area contributed by atoms with Crippen LogP contribution in [0.3, 0.4) is 0 Å². The third kappa shape index (κ3) is 2.71. The summed E-state index contributed by atoms with van der Waals surface area (Å²) in [6.07, 6.45) is 1.70. The topological polar surface area (TPSA) is 69.6 Å². The third-order valence-electron chi connectivity index (χ3n) is 3.36. The van der Waals surface area contributed by atoms with Crippen molar-refractivity contribution in [1.29, 1.82) is 0 Å². The molecule has 2 heterocycles. The largest absolute Gasteiger partial charge is 0.383 e. The lowest BCUT2D eigenvalue weighted by atomic mass is 10.2. The molecule has 0 aliphatic carbocycles. The molecule has 0 saturated carbocycles. The average Bonchev–Trinajstić information content (AvgIpc) is 2.80. The van der Waals surface area contributed by atoms with Crippen molar-refractivity contribution < 1.29 is 0 Å². The van der Waals surface area contributed by atoms with Crippen molar-refractivity contribution in [2.75, 3.05) is 5.73 Å². The highest BCUT2D eigenvalue weighted by molar-refractivity contribution is 7.98. The van der Waals surface area contributed by atoms with Gasteiger partial charge in [0.1, 0.15) is 11.6 Å². The molecule has 21 heavy (non-hydrogen) atoms. The van der Waals surface area contributed by atoms with E-state index in [4.69, 9.17) is 5.73 Å². The van der Waals surface area contributed by atoms with Gasteiger partial charge in [-0.3, -0.25) is 4.68 Å². The van der Waals surface area contributed by atoms with Crippen molar-refractivity contribution in [2.24, 2.45) is 7.05 Å². The van der Waals surface area contributed by atoms with E-state index in [1.54, 1.807) is 22.6 Å². The third-order valence-corrected chi connectivity index (χ3v) is 4.53. The van der Waals surface area contributed by atoms with Crippen LogP contribution >= 0.6 is 11.8 Å². The maximum Gasteiger partial charge on any atom is 0.163 e. The Bertz CT molecular complexity index is 809. The number of nitrogens with zero attached hydrogens (tertiary/aromatic N) is 4. The highest BCUT2D eigenvalue weighted by Gasteiger charge is 2.10. The lowest BCUT2D eigenvalue weighted by molar-refractivity contribution is 0.782. The fraction of sp³-hybridized carbons (Fsp3) is 0.267. The first kappa shape index (κ1) is 13.9. The minimum Gasteiger partial charge on any atom is -0.383 e. The Morgan fingerprint density at radius 2 is 2.05 bits per heavy atom. The Morgan fingerprint density at radius 3 is 2.81 bits per heavy atom. The summed E-state index contributed by atoms with van der Waals surface area (Å²) in [7, 11) is 1.86. The zero-order chi connectivity index (χ0) is 15.0. The molecule has 0 bridgehead atoms. The van der Waals surface area contributed by atoms with Crippen LogP contribution in [0.4, 0.5) is 5.82 Å². The zero-order valence-corrected chi connectivity index (χ0v) is 13.1. The van der Waals surface area contributed by atoms with Gasteiger partial charge in [0.05, 0.1) is 17.3 Å². The Hall–Kier alpha value is -2.08. The molecule has 0 radical (unpaired) electrons. The van der Waals surface area contributed by atoms with E-state index >= 15 is 0 Å². The number of thioether (sulfide) groups is 1. The van der Waals surface area contributed by atoms with Gasteiger partial charge in [0, 0.05) is 11.9 Å². The molecule has 108 valence electrons. The summed E-state index contributed by atoms with van der Waals surface area (Å²) >= 11 is 1.72. The number of fused-ring (bicyclic) bond motifs is 1. The monoisotopic (exact) mass is 299 g/mol. The molecule has 1 aromatic carbocycles. The SMILES string of the molecule is Cc1ccc(SCc2nc(N)c3cnn(C)c3n2)c(C)c1. The number of hydrogen-bond acceptors (Lipinski definition) is 5. The minimum atomic E-state index is 0.490. The second-order valence-electron chi connectivity index (χ2n) is 5.09. The number of anilines is 1. The van der Waals surface area contributed by atoms with Crippen LogP contribution in [-0.4, -0.2) is 19.7 Å². The predicted molar refractivity (Wildman–Crippen MR) is 86.2 cm³/mol. The van der Waals surface area contributed by atoms with Gasteiger partial charge in [-0.05, 0) is 25.5 Å². The second kappa shape index (κ2) is 5.37. The van der Waals surface area contributed by atoms with Crippen LogP contribution in [0.25, 0.3) is 11.0 Å². The lowest BCUT2D eigenvalue weighted by Crippen LogP contribution is -2.01. The molecule has 2 N–H and O–H groups in total. The summed E-state index contributed by atoms with van der Waals surface area (Å²) in [4.78, 5) is 10.2. The van der Waals surface area contributed by atoms with Crippen LogP contribution in [-0.2, 0) is 12.8 Å². The maximum atomic E-state index is 5.98. The van der Waals surface area contributed by atoms with Gasteiger partial charge in [-0.15, -0.1) is 11.8 Å². The highest BCUT2D eigenvalue weighted by atomic mass is 32.2. The predicted octanol–water partition coefficient (Wildman–Crippen LogP) is 2.85. The molecule has 3 rings (SSSR count). The van der Waals surface area contributed by atoms with Crippen molar-refractivity contribution in [3.05, 3.63) is 41.3 Å². The van der Waals surface area contributed by atoms with E-state index in [1.807, 2.05) is 7.05 Å². The van der Waals surface area contributed by atoms with Gasteiger partial charge in [-0.25, -0.2) is 9.97 Å². The van der Waals surface area contributed by atoms with Gasteiger partial charge in [0.15, 0.2) is 5.65 Å². The van der Waals surface area contributed by atoms with Gasteiger partial charge < -0.3 is 5.73 Å². The van der Waals surface area contributed by atoms with Crippen LogP contribution < -0.4 is 5.73 Å². The fourth-order valence-corrected chi connectivity index (χ4v) is 3.12.